The Labute approximate surface area is 149 Å². The van der Waals surface area contributed by atoms with E-state index in [-0.39, 0.29) is 6.54 Å². The van der Waals surface area contributed by atoms with Crippen LogP contribution in [0.5, 0.6) is 0 Å². The molecule has 132 valence electrons. The summed E-state index contributed by atoms with van der Waals surface area (Å²) in [7, 11) is 0. The number of nitrogens with zero attached hydrogens (tertiary/aromatic N) is 1. The molecule has 1 aromatic rings. The van der Waals surface area contributed by atoms with Gasteiger partial charge in [-0.15, -0.1) is 11.8 Å². The number of hydrogen-bond acceptors (Lipinski definition) is 4. The molecule has 0 spiro atoms. The number of benzene rings is 1. The molecule has 2 N–H and O–H groups in total. The monoisotopic (exact) mass is 348 g/mol. The highest BCUT2D eigenvalue weighted by atomic mass is 32.2. The summed E-state index contributed by atoms with van der Waals surface area (Å²) in [4.78, 5) is 14.6. The van der Waals surface area contributed by atoms with Crippen molar-refractivity contribution in [3.63, 3.8) is 0 Å². The standard InChI is InChI=1S/C19H28N2O2S/c1-2-24-18-5-3-4-15(8-18)11-20-16-9-17(10-16)21(13-19(22)23)12-14-6-7-14/h3-5,8,14,16-17,20H,2,6-7,9-13H2,1H3,(H,22,23). The minimum Gasteiger partial charge on any atom is -0.480 e. The summed E-state index contributed by atoms with van der Waals surface area (Å²) < 4.78 is 0. The Morgan fingerprint density at radius 1 is 1.38 bits per heavy atom. The van der Waals surface area contributed by atoms with Crippen molar-refractivity contribution >= 4 is 17.7 Å². The first-order chi connectivity index (χ1) is 11.6. The summed E-state index contributed by atoms with van der Waals surface area (Å²) in [6.07, 6.45) is 4.69. The normalized spacial score (nSPS) is 23.2. The van der Waals surface area contributed by atoms with Crippen molar-refractivity contribution in [1.82, 2.24) is 10.2 Å². The quantitative estimate of drug-likeness (QED) is 0.636. The van der Waals surface area contributed by atoms with Crippen LogP contribution in [0.15, 0.2) is 29.2 Å². The molecule has 2 aliphatic carbocycles. The van der Waals surface area contributed by atoms with Gasteiger partial charge in [0.2, 0.25) is 0 Å². The zero-order valence-electron chi connectivity index (χ0n) is 14.4. The summed E-state index contributed by atoms with van der Waals surface area (Å²) in [5, 5.41) is 12.7. The topological polar surface area (TPSA) is 52.6 Å². The second kappa shape index (κ2) is 8.37. The van der Waals surface area contributed by atoms with E-state index >= 15 is 0 Å². The smallest absolute Gasteiger partial charge is 0.317 e. The number of hydrogen-bond donors (Lipinski definition) is 2. The first kappa shape index (κ1) is 17.8. The van der Waals surface area contributed by atoms with E-state index in [1.54, 1.807) is 0 Å². The minimum atomic E-state index is -0.697. The van der Waals surface area contributed by atoms with Crippen LogP contribution >= 0.6 is 11.8 Å². The van der Waals surface area contributed by atoms with Crippen LogP contribution in [0.25, 0.3) is 0 Å². The molecular formula is C19H28N2O2S. The second-order valence-electron chi connectivity index (χ2n) is 7.05. The number of aliphatic carboxylic acids is 1. The van der Waals surface area contributed by atoms with Crippen LogP contribution in [-0.2, 0) is 11.3 Å². The van der Waals surface area contributed by atoms with E-state index in [0.717, 1.165) is 37.6 Å². The maximum absolute atomic E-state index is 11.1. The fourth-order valence-electron chi connectivity index (χ4n) is 3.38. The molecule has 0 bridgehead atoms. The van der Waals surface area contributed by atoms with Gasteiger partial charge in [0.25, 0.3) is 0 Å². The largest absolute Gasteiger partial charge is 0.480 e. The highest BCUT2D eigenvalue weighted by molar-refractivity contribution is 7.99. The Hall–Kier alpha value is -1.04. The third-order valence-corrected chi connectivity index (χ3v) is 5.84. The molecule has 0 heterocycles. The lowest BCUT2D eigenvalue weighted by Crippen LogP contribution is -2.54. The number of thioether (sulfide) groups is 1. The molecule has 2 aliphatic rings. The lowest BCUT2D eigenvalue weighted by molar-refractivity contribution is -0.139. The molecular weight excluding hydrogens is 320 g/mol. The Morgan fingerprint density at radius 3 is 2.83 bits per heavy atom. The third kappa shape index (κ3) is 5.23. The van der Waals surface area contributed by atoms with Gasteiger partial charge in [0.05, 0.1) is 6.54 Å². The Morgan fingerprint density at radius 2 is 2.17 bits per heavy atom. The van der Waals surface area contributed by atoms with Crippen molar-refractivity contribution in [1.29, 1.82) is 0 Å². The van der Waals surface area contributed by atoms with E-state index in [1.165, 1.54) is 23.3 Å². The van der Waals surface area contributed by atoms with Crippen LogP contribution in [0, 0.1) is 5.92 Å². The van der Waals surface area contributed by atoms with Crippen LogP contribution in [-0.4, -0.2) is 46.9 Å². The van der Waals surface area contributed by atoms with Crippen LogP contribution in [0.2, 0.25) is 0 Å². The SMILES string of the molecule is CCSc1cccc(CNC2CC(N(CC(=O)O)CC3CC3)C2)c1. The van der Waals surface area contributed by atoms with Crippen LogP contribution in [0.4, 0.5) is 0 Å². The molecule has 2 saturated carbocycles. The van der Waals surface area contributed by atoms with E-state index in [9.17, 15) is 4.79 Å². The summed E-state index contributed by atoms with van der Waals surface area (Å²) in [5.74, 6) is 1.15. The van der Waals surface area contributed by atoms with Crippen LogP contribution in [0.3, 0.4) is 0 Å². The van der Waals surface area contributed by atoms with Crippen LogP contribution < -0.4 is 5.32 Å². The molecule has 0 saturated heterocycles. The van der Waals surface area contributed by atoms with Gasteiger partial charge >= 0.3 is 5.97 Å². The average molecular weight is 349 g/mol. The lowest BCUT2D eigenvalue weighted by Gasteiger charge is -2.43. The Kier molecular flexibility index (Phi) is 6.19. The molecule has 3 rings (SSSR count). The zero-order chi connectivity index (χ0) is 16.9. The minimum absolute atomic E-state index is 0.199. The van der Waals surface area contributed by atoms with E-state index in [4.69, 9.17) is 5.11 Å². The first-order valence-electron chi connectivity index (χ1n) is 9.05. The van der Waals surface area contributed by atoms with Crippen molar-refractivity contribution in [2.75, 3.05) is 18.8 Å². The molecule has 0 radical (unpaired) electrons. The van der Waals surface area contributed by atoms with Crippen LogP contribution in [0.1, 0.15) is 38.2 Å². The molecule has 0 unspecified atom stereocenters. The predicted molar refractivity (Wildman–Crippen MR) is 98.4 cm³/mol. The van der Waals surface area contributed by atoms with E-state index < -0.39 is 5.97 Å². The number of carbonyl (C=O) groups is 1. The Balaban J connectivity index is 1.42. The van der Waals surface area contributed by atoms with E-state index in [2.05, 4.69) is 41.4 Å². The van der Waals surface area contributed by atoms with Gasteiger partial charge in [-0.3, -0.25) is 9.69 Å². The van der Waals surface area contributed by atoms with Gasteiger partial charge < -0.3 is 10.4 Å². The fourth-order valence-corrected chi connectivity index (χ4v) is 4.12. The van der Waals surface area contributed by atoms with Crippen molar-refractivity contribution in [2.45, 2.75) is 56.1 Å². The number of carboxylic acid groups (broad SMARTS) is 1. The van der Waals surface area contributed by atoms with Crippen molar-refractivity contribution in [2.24, 2.45) is 5.92 Å². The lowest BCUT2D eigenvalue weighted by atomic mass is 9.85. The van der Waals surface area contributed by atoms with E-state index in [1.807, 2.05) is 11.8 Å². The van der Waals surface area contributed by atoms with Gasteiger partial charge in [-0.25, -0.2) is 0 Å². The summed E-state index contributed by atoms with van der Waals surface area (Å²) in [6.45, 7) is 4.25. The van der Waals surface area contributed by atoms with Crippen molar-refractivity contribution in [3.05, 3.63) is 29.8 Å². The van der Waals surface area contributed by atoms with Gasteiger partial charge in [0.15, 0.2) is 0 Å². The number of nitrogens with one attached hydrogen (secondary N) is 1. The van der Waals surface area contributed by atoms with Crippen molar-refractivity contribution in [3.8, 4) is 0 Å². The zero-order valence-corrected chi connectivity index (χ0v) is 15.2. The molecule has 5 heteroatoms. The summed E-state index contributed by atoms with van der Waals surface area (Å²) in [6, 6.07) is 9.70. The molecule has 4 nitrogen and oxygen atoms in total. The van der Waals surface area contributed by atoms with Crippen molar-refractivity contribution < 1.29 is 9.90 Å². The maximum atomic E-state index is 11.1. The highest BCUT2D eigenvalue weighted by Crippen LogP contribution is 2.33. The molecule has 2 fully saturated rings. The number of carboxylic acids is 1. The molecule has 0 aromatic heterocycles. The van der Waals surface area contributed by atoms with Gasteiger partial charge in [-0.05, 0) is 55.1 Å². The Bertz CT molecular complexity index is 556. The van der Waals surface area contributed by atoms with Gasteiger partial charge in [0.1, 0.15) is 0 Å². The van der Waals surface area contributed by atoms with Gasteiger partial charge in [-0.1, -0.05) is 19.1 Å². The number of rotatable bonds is 10. The molecule has 24 heavy (non-hydrogen) atoms. The second-order valence-corrected chi connectivity index (χ2v) is 8.39. The van der Waals surface area contributed by atoms with E-state index in [0.29, 0.717) is 12.1 Å². The fraction of sp³-hybridized carbons (Fsp3) is 0.632. The highest BCUT2D eigenvalue weighted by Gasteiger charge is 2.36. The molecule has 0 amide bonds. The molecule has 0 aliphatic heterocycles. The maximum Gasteiger partial charge on any atom is 0.317 e. The summed E-state index contributed by atoms with van der Waals surface area (Å²) in [5.41, 5.74) is 1.33. The average Bonchev–Trinajstić information content (AvgIpc) is 3.29. The first-order valence-corrected chi connectivity index (χ1v) is 10.0. The predicted octanol–water partition coefficient (Wildman–Crippen LogP) is 3.22. The molecule has 1 aromatic carbocycles. The summed E-state index contributed by atoms with van der Waals surface area (Å²) >= 11 is 1.87. The van der Waals surface area contributed by atoms with Gasteiger partial charge in [0, 0.05) is 30.1 Å². The third-order valence-electron chi connectivity index (χ3n) is 4.96. The van der Waals surface area contributed by atoms with Gasteiger partial charge in [-0.2, -0.15) is 0 Å². The molecule has 0 atom stereocenters.